The van der Waals surface area contributed by atoms with E-state index < -0.39 is 10.0 Å². The molecule has 2 N–H and O–H groups in total. The maximum atomic E-state index is 12.3. The number of thiophene rings is 1. The lowest BCUT2D eigenvalue weighted by atomic mass is 10.2. The SMILES string of the molecule is CNCc1cc(S(=O)(=O)Nc2cc(Cl)c(C)cc2Cl)cs1. The van der Waals surface area contributed by atoms with Crippen molar-refractivity contribution in [2.24, 2.45) is 0 Å². The second-order valence-corrected chi connectivity index (χ2v) is 7.96. The van der Waals surface area contributed by atoms with Crippen LogP contribution in [0.4, 0.5) is 5.69 Å². The summed E-state index contributed by atoms with van der Waals surface area (Å²) in [5.74, 6) is 0. The van der Waals surface area contributed by atoms with Gasteiger partial charge in [0.05, 0.1) is 15.6 Å². The van der Waals surface area contributed by atoms with Crippen molar-refractivity contribution in [2.45, 2.75) is 18.4 Å². The summed E-state index contributed by atoms with van der Waals surface area (Å²) in [7, 11) is -1.87. The molecule has 0 aliphatic carbocycles. The Kier molecular flexibility index (Phi) is 5.16. The molecule has 0 amide bonds. The maximum absolute atomic E-state index is 12.3. The standard InChI is InChI=1S/C13H14Cl2N2O2S2/c1-8-3-12(15)13(5-11(8)14)17-21(18,19)10-4-9(6-16-2)20-7-10/h3-5,7,16-17H,6H2,1-2H3. The molecule has 0 saturated carbocycles. The third kappa shape index (κ3) is 3.90. The lowest BCUT2D eigenvalue weighted by Gasteiger charge is -2.10. The molecule has 2 aromatic rings. The van der Waals surface area contributed by atoms with Gasteiger partial charge in [-0.25, -0.2) is 8.42 Å². The fourth-order valence-corrected chi connectivity index (χ4v) is 4.54. The van der Waals surface area contributed by atoms with Crippen molar-refractivity contribution >= 4 is 50.2 Å². The van der Waals surface area contributed by atoms with Crippen LogP contribution in [0.25, 0.3) is 0 Å². The number of sulfonamides is 1. The van der Waals surface area contributed by atoms with Crippen LogP contribution < -0.4 is 10.0 Å². The summed E-state index contributed by atoms with van der Waals surface area (Å²) < 4.78 is 27.2. The molecule has 1 aromatic carbocycles. The predicted molar refractivity (Wildman–Crippen MR) is 89.1 cm³/mol. The third-order valence-corrected chi connectivity index (χ3v) is 5.93. The molecule has 0 saturated heterocycles. The molecular formula is C13H14Cl2N2O2S2. The summed E-state index contributed by atoms with van der Waals surface area (Å²) in [4.78, 5) is 1.15. The molecule has 0 aliphatic heterocycles. The molecular weight excluding hydrogens is 351 g/mol. The van der Waals surface area contributed by atoms with Gasteiger partial charge in [0.25, 0.3) is 10.0 Å². The zero-order valence-electron chi connectivity index (χ0n) is 11.4. The Hall–Kier alpha value is -0.790. The second-order valence-electron chi connectivity index (χ2n) is 4.47. The van der Waals surface area contributed by atoms with Crippen LogP contribution in [0.15, 0.2) is 28.5 Å². The van der Waals surface area contributed by atoms with E-state index in [1.807, 2.05) is 0 Å². The van der Waals surface area contributed by atoms with Gasteiger partial charge in [-0.3, -0.25) is 4.72 Å². The highest BCUT2D eigenvalue weighted by atomic mass is 35.5. The second kappa shape index (κ2) is 6.54. The van der Waals surface area contributed by atoms with Crippen molar-refractivity contribution in [2.75, 3.05) is 11.8 Å². The van der Waals surface area contributed by atoms with Crippen LogP contribution in [0.1, 0.15) is 10.4 Å². The number of halogens is 2. The Morgan fingerprint density at radius 2 is 1.90 bits per heavy atom. The van der Waals surface area contributed by atoms with E-state index in [-0.39, 0.29) is 10.6 Å². The van der Waals surface area contributed by atoms with Crippen LogP contribution in [-0.4, -0.2) is 15.5 Å². The summed E-state index contributed by atoms with van der Waals surface area (Å²) in [6.07, 6.45) is 0. The lowest BCUT2D eigenvalue weighted by Crippen LogP contribution is -2.12. The summed E-state index contributed by atoms with van der Waals surface area (Å²) in [6, 6.07) is 4.77. The molecule has 0 radical (unpaired) electrons. The van der Waals surface area contributed by atoms with Crippen molar-refractivity contribution in [1.82, 2.24) is 5.32 Å². The van der Waals surface area contributed by atoms with Crippen molar-refractivity contribution in [3.8, 4) is 0 Å². The van der Waals surface area contributed by atoms with E-state index in [2.05, 4.69) is 10.0 Å². The minimum absolute atomic E-state index is 0.213. The first kappa shape index (κ1) is 16.6. The first-order chi connectivity index (χ1) is 9.83. The number of hydrogen-bond acceptors (Lipinski definition) is 4. The zero-order chi connectivity index (χ0) is 15.6. The molecule has 0 spiro atoms. The molecule has 0 unspecified atom stereocenters. The molecule has 0 fully saturated rings. The van der Waals surface area contributed by atoms with Crippen LogP contribution in [-0.2, 0) is 16.6 Å². The van der Waals surface area contributed by atoms with Crippen molar-refractivity contribution in [3.63, 3.8) is 0 Å². The number of rotatable bonds is 5. The number of hydrogen-bond donors (Lipinski definition) is 2. The van der Waals surface area contributed by atoms with Crippen LogP contribution in [0.5, 0.6) is 0 Å². The van der Waals surface area contributed by atoms with Gasteiger partial charge < -0.3 is 5.32 Å². The van der Waals surface area contributed by atoms with E-state index in [0.717, 1.165) is 10.4 Å². The lowest BCUT2D eigenvalue weighted by molar-refractivity contribution is 0.601. The van der Waals surface area contributed by atoms with E-state index in [0.29, 0.717) is 16.6 Å². The Morgan fingerprint density at radius 1 is 1.19 bits per heavy atom. The fraction of sp³-hybridized carbons (Fsp3) is 0.231. The van der Waals surface area contributed by atoms with Crippen LogP contribution in [0.2, 0.25) is 10.0 Å². The molecule has 0 bridgehead atoms. The van der Waals surface area contributed by atoms with E-state index in [1.165, 1.54) is 17.4 Å². The Balaban J connectivity index is 2.30. The van der Waals surface area contributed by atoms with Gasteiger partial charge >= 0.3 is 0 Å². The predicted octanol–water partition coefficient (Wildman–Crippen LogP) is 3.88. The minimum atomic E-state index is -3.67. The van der Waals surface area contributed by atoms with Gasteiger partial charge in [0.1, 0.15) is 0 Å². The topological polar surface area (TPSA) is 58.2 Å². The summed E-state index contributed by atoms with van der Waals surface area (Å²) in [6.45, 7) is 2.42. The van der Waals surface area contributed by atoms with Crippen LogP contribution in [0.3, 0.4) is 0 Å². The van der Waals surface area contributed by atoms with Gasteiger partial charge in [-0.05, 0) is 37.7 Å². The van der Waals surface area contributed by atoms with Crippen LogP contribution >= 0.6 is 34.5 Å². The van der Waals surface area contributed by atoms with Gasteiger partial charge in [0, 0.05) is 21.8 Å². The first-order valence-electron chi connectivity index (χ1n) is 6.04. The number of anilines is 1. The Bertz CT molecular complexity index is 758. The average molecular weight is 365 g/mol. The maximum Gasteiger partial charge on any atom is 0.262 e. The monoisotopic (exact) mass is 364 g/mol. The molecule has 21 heavy (non-hydrogen) atoms. The van der Waals surface area contributed by atoms with Crippen LogP contribution in [0, 0.1) is 6.92 Å². The molecule has 2 rings (SSSR count). The number of aryl methyl sites for hydroxylation is 1. The minimum Gasteiger partial charge on any atom is -0.315 e. The Labute approximate surface area is 138 Å². The van der Waals surface area contributed by atoms with Gasteiger partial charge in [-0.15, -0.1) is 11.3 Å². The normalized spacial score (nSPS) is 11.6. The number of benzene rings is 1. The van der Waals surface area contributed by atoms with Gasteiger partial charge in [0.2, 0.25) is 0 Å². The average Bonchev–Trinajstić information content (AvgIpc) is 2.86. The third-order valence-electron chi connectivity index (χ3n) is 2.78. The molecule has 0 atom stereocenters. The van der Waals surface area contributed by atoms with Gasteiger partial charge in [-0.1, -0.05) is 23.2 Å². The Morgan fingerprint density at radius 3 is 2.57 bits per heavy atom. The van der Waals surface area contributed by atoms with Gasteiger partial charge in [-0.2, -0.15) is 0 Å². The highest BCUT2D eigenvalue weighted by Gasteiger charge is 2.18. The highest BCUT2D eigenvalue weighted by molar-refractivity contribution is 7.92. The highest BCUT2D eigenvalue weighted by Crippen LogP contribution is 2.31. The first-order valence-corrected chi connectivity index (χ1v) is 9.16. The largest absolute Gasteiger partial charge is 0.315 e. The van der Waals surface area contributed by atoms with Crippen molar-refractivity contribution in [1.29, 1.82) is 0 Å². The zero-order valence-corrected chi connectivity index (χ0v) is 14.6. The molecule has 4 nitrogen and oxygen atoms in total. The smallest absolute Gasteiger partial charge is 0.262 e. The quantitative estimate of drug-likeness (QED) is 0.845. The summed E-state index contributed by atoms with van der Waals surface area (Å²) in [5, 5.41) is 5.34. The molecule has 0 aliphatic rings. The summed E-state index contributed by atoms with van der Waals surface area (Å²) >= 11 is 13.4. The van der Waals surface area contributed by atoms with Crippen molar-refractivity contribution in [3.05, 3.63) is 44.1 Å². The molecule has 114 valence electrons. The number of nitrogens with one attached hydrogen (secondary N) is 2. The van der Waals surface area contributed by atoms with E-state index in [4.69, 9.17) is 23.2 Å². The molecule has 8 heteroatoms. The summed E-state index contributed by atoms with van der Waals surface area (Å²) in [5.41, 5.74) is 1.06. The fourth-order valence-electron chi connectivity index (χ4n) is 1.70. The van der Waals surface area contributed by atoms with Gasteiger partial charge in [0.15, 0.2) is 0 Å². The van der Waals surface area contributed by atoms with E-state index in [1.54, 1.807) is 31.5 Å². The van der Waals surface area contributed by atoms with E-state index >= 15 is 0 Å². The molecule has 1 aromatic heterocycles. The molecule has 1 heterocycles. The van der Waals surface area contributed by atoms with E-state index in [9.17, 15) is 8.42 Å². The van der Waals surface area contributed by atoms with Crippen molar-refractivity contribution < 1.29 is 8.42 Å².